The number of nitrogens with zero attached hydrogens (tertiary/aromatic N) is 3. The summed E-state index contributed by atoms with van der Waals surface area (Å²) in [6.45, 7) is 4.04. The number of nitrogens with one attached hydrogen (secondary N) is 1. The first kappa shape index (κ1) is 14.0. The van der Waals surface area contributed by atoms with Gasteiger partial charge in [0.05, 0.1) is 11.0 Å². The molecular formula is C13H13N5OS2. The number of H-pyrrole nitrogens is 1. The van der Waals surface area contributed by atoms with Crippen molar-refractivity contribution >= 4 is 39.3 Å². The van der Waals surface area contributed by atoms with Crippen LogP contribution in [0.25, 0.3) is 11.0 Å². The monoisotopic (exact) mass is 319 g/mol. The molecule has 8 heteroatoms. The van der Waals surface area contributed by atoms with Crippen LogP contribution in [0, 0.1) is 13.8 Å². The van der Waals surface area contributed by atoms with Gasteiger partial charge in [-0.05, 0) is 37.1 Å². The van der Waals surface area contributed by atoms with E-state index in [1.807, 2.05) is 26.0 Å². The van der Waals surface area contributed by atoms with Gasteiger partial charge in [0, 0.05) is 5.75 Å². The van der Waals surface area contributed by atoms with Crippen LogP contribution in [0.2, 0.25) is 0 Å². The summed E-state index contributed by atoms with van der Waals surface area (Å²) in [4.78, 5) is 19.4. The SMILES string of the molecule is Cc1cc2nc(CSc3nnc(N)s3)c(=O)[nH]c2cc1C. The van der Waals surface area contributed by atoms with Gasteiger partial charge in [0.2, 0.25) is 5.13 Å². The molecule has 21 heavy (non-hydrogen) atoms. The predicted molar refractivity (Wildman–Crippen MR) is 85.7 cm³/mol. The standard InChI is InChI=1S/C13H13N5OS2/c1-6-3-8-9(4-7(6)2)16-11(19)10(15-8)5-20-13-18-17-12(14)21-13/h3-4H,5H2,1-2H3,(H2,14,17)(H,16,19). The van der Waals surface area contributed by atoms with Gasteiger partial charge in [-0.1, -0.05) is 23.1 Å². The molecular weight excluding hydrogens is 306 g/mol. The molecule has 3 rings (SSSR count). The van der Waals surface area contributed by atoms with Crippen molar-refractivity contribution in [1.29, 1.82) is 0 Å². The fourth-order valence-corrected chi connectivity index (χ4v) is 3.46. The molecule has 108 valence electrons. The second kappa shape index (κ2) is 5.45. The Hall–Kier alpha value is -1.93. The lowest BCUT2D eigenvalue weighted by molar-refractivity contribution is 1.01. The van der Waals surface area contributed by atoms with Gasteiger partial charge in [-0.3, -0.25) is 4.79 Å². The van der Waals surface area contributed by atoms with Crippen LogP contribution in [0.1, 0.15) is 16.8 Å². The number of benzene rings is 1. The molecule has 6 nitrogen and oxygen atoms in total. The third-order valence-corrected chi connectivity index (χ3v) is 5.03. The van der Waals surface area contributed by atoms with Crippen molar-refractivity contribution in [2.75, 3.05) is 5.73 Å². The van der Waals surface area contributed by atoms with E-state index in [0.29, 0.717) is 16.6 Å². The van der Waals surface area contributed by atoms with Crippen LogP contribution in [0.15, 0.2) is 21.3 Å². The Morgan fingerprint density at radius 3 is 2.76 bits per heavy atom. The molecule has 1 aromatic carbocycles. The Labute approximate surface area is 128 Å². The van der Waals surface area contributed by atoms with Gasteiger partial charge in [-0.2, -0.15) is 0 Å². The normalized spacial score (nSPS) is 11.1. The molecule has 0 saturated carbocycles. The lowest BCUT2D eigenvalue weighted by Gasteiger charge is -2.05. The minimum Gasteiger partial charge on any atom is -0.374 e. The van der Waals surface area contributed by atoms with Gasteiger partial charge in [0.1, 0.15) is 5.69 Å². The summed E-state index contributed by atoms with van der Waals surface area (Å²) in [5.41, 5.74) is 9.68. The number of nitrogens with two attached hydrogens (primary N) is 1. The average molecular weight is 319 g/mol. The lowest BCUT2D eigenvalue weighted by atomic mass is 10.1. The third kappa shape index (κ3) is 2.91. The molecule has 0 spiro atoms. The number of fused-ring (bicyclic) bond motifs is 1. The molecule has 0 bridgehead atoms. The highest BCUT2D eigenvalue weighted by Crippen LogP contribution is 2.26. The Bertz CT molecular complexity index is 871. The summed E-state index contributed by atoms with van der Waals surface area (Å²) in [5, 5.41) is 8.08. The van der Waals surface area contributed by atoms with Gasteiger partial charge in [0.25, 0.3) is 5.56 Å². The molecule has 2 heterocycles. The predicted octanol–water partition coefficient (Wildman–Crippen LogP) is 2.27. The maximum Gasteiger partial charge on any atom is 0.271 e. The molecule has 0 aliphatic rings. The number of aryl methyl sites for hydroxylation is 2. The summed E-state index contributed by atoms with van der Waals surface area (Å²) in [6, 6.07) is 3.93. The van der Waals surface area contributed by atoms with Crippen LogP contribution in [-0.2, 0) is 5.75 Å². The summed E-state index contributed by atoms with van der Waals surface area (Å²) in [5.74, 6) is 0.437. The first-order chi connectivity index (χ1) is 10.0. The Kier molecular flexibility index (Phi) is 3.64. The van der Waals surface area contributed by atoms with E-state index in [9.17, 15) is 4.79 Å². The van der Waals surface area contributed by atoms with Gasteiger partial charge < -0.3 is 10.7 Å². The first-order valence-electron chi connectivity index (χ1n) is 6.25. The molecule has 0 aliphatic carbocycles. The van der Waals surface area contributed by atoms with Crippen LogP contribution < -0.4 is 11.3 Å². The van der Waals surface area contributed by atoms with Crippen molar-refractivity contribution in [3.05, 3.63) is 39.3 Å². The largest absolute Gasteiger partial charge is 0.374 e. The topological polar surface area (TPSA) is 97.5 Å². The zero-order valence-corrected chi connectivity index (χ0v) is 13.1. The van der Waals surface area contributed by atoms with Crippen LogP contribution >= 0.6 is 23.1 Å². The third-order valence-electron chi connectivity index (χ3n) is 3.13. The highest BCUT2D eigenvalue weighted by molar-refractivity contribution is 8.00. The summed E-state index contributed by atoms with van der Waals surface area (Å²) >= 11 is 2.71. The maximum absolute atomic E-state index is 12.1. The number of hydrogen-bond donors (Lipinski definition) is 2. The lowest BCUT2D eigenvalue weighted by Crippen LogP contribution is -2.14. The quantitative estimate of drug-likeness (QED) is 0.719. The van der Waals surface area contributed by atoms with Crippen molar-refractivity contribution in [2.45, 2.75) is 23.9 Å². The van der Waals surface area contributed by atoms with Crippen molar-refractivity contribution in [3.63, 3.8) is 0 Å². The van der Waals surface area contributed by atoms with Gasteiger partial charge in [-0.15, -0.1) is 10.2 Å². The van der Waals surface area contributed by atoms with Crippen molar-refractivity contribution in [1.82, 2.24) is 20.2 Å². The molecule has 0 fully saturated rings. The van der Waals surface area contributed by atoms with Crippen LogP contribution in [0.4, 0.5) is 5.13 Å². The van der Waals surface area contributed by atoms with Crippen LogP contribution in [0.5, 0.6) is 0 Å². The maximum atomic E-state index is 12.1. The Balaban J connectivity index is 1.93. The number of thioether (sulfide) groups is 1. The molecule has 0 aliphatic heterocycles. The number of rotatable bonds is 3. The van der Waals surface area contributed by atoms with Gasteiger partial charge >= 0.3 is 0 Å². The Morgan fingerprint density at radius 1 is 1.29 bits per heavy atom. The molecule has 0 unspecified atom stereocenters. The second-order valence-electron chi connectivity index (χ2n) is 4.66. The van der Waals surface area contributed by atoms with Crippen molar-refractivity contribution in [2.24, 2.45) is 0 Å². The smallest absolute Gasteiger partial charge is 0.271 e. The number of aromatic nitrogens is 4. The fraction of sp³-hybridized carbons (Fsp3) is 0.231. The first-order valence-corrected chi connectivity index (χ1v) is 8.05. The van der Waals surface area contributed by atoms with Crippen LogP contribution in [0.3, 0.4) is 0 Å². The van der Waals surface area contributed by atoms with Crippen LogP contribution in [-0.4, -0.2) is 20.2 Å². The molecule has 0 saturated heterocycles. The van der Waals surface area contributed by atoms with E-state index < -0.39 is 0 Å². The molecule has 3 N–H and O–H groups in total. The second-order valence-corrected chi connectivity index (χ2v) is 6.89. The van der Waals surface area contributed by atoms with Gasteiger partial charge in [-0.25, -0.2) is 4.98 Å². The number of aromatic amines is 1. The molecule has 0 amide bonds. The van der Waals surface area contributed by atoms with E-state index in [2.05, 4.69) is 20.2 Å². The molecule has 3 aromatic rings. The van der Waals surface area contributed by atoms with Gasteiger partial charge in [0.15, 0.2) is 4.34 Å². The Morgan fingerprint density at radius 2 is 2.05 bits per heavy atom. The van der Waals surface area contributed by atoms with E-state index in [-0.39, 0.29) is 5.56 Å². The highest BCUT2D eigenvalue weighted by atomic mass is 32.2. The summed E-state index contributed by atoms with van der Waals surface area (Å²) < 4.78 is 0.730. The summed E-state index contributed by atoms with van der Waals surface area (Å²) in [6.07, 6.45) is 0. The minimum atomic E-state index is -0.171. The molecule has 0 atom stereocenters. The highest BCUT2D eigenvalue weighted by Gasteiger charge is 2.09. The van der Waals surface area contributed by atoms with E-state index in [1.165, 1.54) is 23.1 Å². The van der Waals surface area contributed by atoms with Crippen molar-refractivity contribution in [3.8, 4) is 0 Å². The molecule has 0 radical (unpaired) electrons. The van der Waals surface area contributed by atoms with E-state index in [0.717, 1.165) is 26.5 Å². The number of anilines is 1. The van der Waals surface area contributed by atoms with E-state index >= 15 is 0 Å². The number of hydrogen-bond acceptors (Lipinski definition) is 7. The van der Waals surface area contributed by atoms with E-state index in [1.54, 1.807) is 0 Å². The van der Waals surface area contributed by atoms with E-state index in [4.69, 9.17) is 5.73 Å². The summed E-state index contributed by atoms with van der Waals surface area (Å²) in [7, 11) is 0. The zero-order chi connectivity index (χ0) is 15.0. The van der Waals surface area contributed by atoms with Crippen molar-refractivity contribution < 1.29 is 0 Å². The average Bonchev–Trinajstić information content (AvgIpc) is 2.84. The minimum absolute atomic E-state index is 0.171. The number of nitrogen functional groups attached to an aromatic ring is 1. The zero-order valence-electron chi connectivity index (χ0n) is 11.5. The fourth-order valence-electron chi connectivity index (χ4n) is 1.89. The molecule has 2 aromatic heterocycles.